The van der Waals surface area contributed by atoms with Crippen LogP contribution in [0, 0.1) is 0 Å². The summed E-state index contributed by atoms with van der Waals surface area (Å²) in [6.07, 6.45) is 7.70. The van der Waals surface area contributed by atoms with Crippen LogP contribution in [0.5, 0.6) is 11.6 Å². The molecule has 0 spiro atoms. The Kier molecular flexibility index (Phi) is 4.86. The van der Waals surface area contributed by atoms with Crippen molar-refractivity contribution < 1.29 is 9.53 Å². The molecule has 0 unspecified atom stereocenters. The number of rotatable bonds is 5. The first-order chi connectivity index (χ1) is 15.3. The molecule has 0 amide bonds. The van der Waals surface area contributed by atoms with Crippen molar-refractivity contribution in [3.63, 3.8) is 0 Å². The normalized spacial score (nSPS) is 10.7. The molecule has 0 aliphatic heterocycles. The molecular weight excluding hydrogens is 388 g/mol. The average molecular weight is 404 g/mol. The molecule has 3 aromatic heterocycles. The van der Waals surface area contributed by atoms with E-state index in [-0.39, 0.29) is 0 Å². The predicted molar refractivity (Wildman–Crippen MR) is 118 cm³/mol. The summed E-state index contributed by atoms with van der Waals surface area (Å²) in [6.45, 7) is 0. The lowest BCUT2D eigenvalue weighted by molar-refractivity contribution is 0.112. The van der Waals surface area contributed by atoms with Crippen LogP contribution in [0.2, 0.25) is 0 Å². The average Bonchev–Trinajstić information content (AvgIpc) is 2.85. The molecule has 5 rings (SSSR count). The minimum absolute atomic E-state index is 0.365. The smallest absolute Gasteiger partial charge is 0.230 e. The monoisotopic (exact) mass is 404 g/mol. The fourth-order valence-corrected chi connectivity index (χ4v) is 3.29. The number of aromatic nitrogens is 4. The number of benzene rings is 2. The van der Waals surface area contributed by atoms with Crippen molar-refractivity contribution in [3.05, 3.63) is 97.1 Å². The molecule has 0 bridgehead atoms. The van der Waals surface area contributed by atoms with Crippen molar-refractivity contribution >= 4 is 17.2 Å². The van der Waals surface area contributed by atoms with Crippen LogP contribution < -0.4 is 4.74 Å². The van der Waals surface area contributed by atoms with Gasteiger partial charge in [0.05, 0.1) is 16.5 Å². The molecule has 6 nitrogen and oxygen atoms in total. The van der Waals surface area contributed by atoms with E-state index in [4.69, 9.17) is 9.72 Å². The van der Waals surface area contributed by atoms with E-state index in [1.54, 1.807) is 43.0 Å². The number of pyridine rings is 2. The van der Waals surface area contributed by atoms with E-state index in [1.165, 1.54) is 0 Å². The molecule has 0 atom stereocenters. The highest BCUT2D eigenvalue weighted by atomic mass is 16.5. The molecule has 3 heterocycles. The number of fused-ring (bicyclic) bond motifs is 1. The summed E-state index contributed by atoms with van der Waals surface area (Å²) >= 11 is 0. The zero-order valence-corrected chi connectivity index (χ0v) is 16.3. The van der Waals surface area contributed by atoms with Gasteiger partial charge in [-0.1, -0.05) is 24.3 Å². The Morgan fingerprint density at radius 2 is 1.52 bits per heavy atom. The summed E-state index contributed by atoms with van der Waals surface area (Å²) in [7, 11) is 0. The zero-order valence-electron chi connectivity index (χ0n) is 16.3. The van der Waals surface area contributed by atoms with Gasteiger partial charge >= 0.3 is 0 Å². The molecule has 0 aliphatic rings. The Morgan fingerprint density at radius 3 is 2.26 bits per heavy atom. The highest BCUT2D eigenvalue weighted by Crippen LogP contribution is 2.33. The lowest BCUT2D eigenvalue weighted by Crippen LogP contribution is -1.98. The van der Waals surface area contributed by atoms with Crippen molar-refractivity contribution in [2.75, 3.05) is 0 Å². The molecule has 0 N–H and O–H groups in total. The van der Waals surface area contributed by atoms with E-state index in [1.807, 2.05) is 48.5 Å². The van der Waals surface area contributed by atoms with Crippen molar-refractivity contribution in [3.8, 4) is 34.1 Å². The maximum Gasteiger partial charge on any atom is 0.230 e. The highest BCUT2D eigenvalue weighted by Gasteiger charge is 2.14. The van der Waals surface area contributed by atoms with Crippen LogP contribution in [0.25, 0.3) is 33.4 Å². The van der Waals surface area contributed by atoms with Crippen LogP contribution in [0.15, 0.2) is 91.5 Å². The number of para-hydroxylation sites is 1. The number of hydrogen-bond donors (Lipinski definition) is 0. The third-order valence-corrected chi connectivity index (χ3v) is 4.83. The third kappa shape index (κ3) is 3.74. The molecule has 5 aromatic rings. The van der Waals surface area contributed by atoms with E-state index in [9.17, 15) is 4.79 Å². The molecule has 0 aliphatic carbocycles. The summed E-state index contributed by atoms with van der Waals surface area (Å²) in [4.78, 5) is 29.2. The summed E-state index contributed by atoms with van der Waals surface area (Å²) < 4.78 is 6.15. The van der Waals surface area contributed by atoms with E-state index in [0.29, 0.717) is 23.0 Å². The van der Waals surface area contributed by atoms with Gasteiger partial charge in [0.2, 0.25) is 5.88 Å². The van der Waals surface area contributed by atoms with Gasteiger partial charge in [-0.2, -0.15) is 4.98 Å². The largest absolute Gasteiger partial charge is 0.437 e. The fourth-order valence-electron chi connectivity index (χ4n) is 3.29. The topological polar surface area (TPSA) is 77.9 Å². The van der Waals surface area contributed by atoms with Gasteiger partial charge in [0, 0.05) is 35.9 Å². The molecule has 0 saturated carbocycles. The quantitative estimate of drug-likeness (QED) is 0.367. The van der Waals surface area contributed by atoms with Crippen LogP contribution in [-0.2, 0) is 0 Å². The molecule has 31 heavy (non-hydrogen) atoms. The van der Waals surface area contributed by atoms with E-state index < -0.39 is 0 Å². The molecule has 0 radical (unpaired) electrons. The highest BCUT2D eigenvalue weighted by molar-refractivity contribution is 5.90. The van der Waals surface area contributed by atoms with Gasteiger partial charge in [-0.3, -0.25) is 14.8 Å². The fraction of sp³-hybridized carbons (Fsp3) is 0. The zero-order chi connectivity index (χ0) is 21.0. The minimum atomic E-state index is 0.365. The molecular formula is C25H16N4O2. The molecule has 0 saturated heterocycles. The maximum atomic E-state index is 11.5. The van der Waals surface area contributed by atoms with Crippen LogP contribution in [-0.4, -0.2) is 26.2 Å². The SMILES string of the molecule is O=Cc1ccccc1Oc1nc(-c2cccnc2)nc2ccc(-c3cccnc3)cc12. The molecule has 6 heteroatoms. The second-order valence-corrected chi connectivity index (χ2v) is 6.83. The van der Waals surface area contributed by atoms with Crippen molar-refractivity contribution in [2.24, 2.45) is 0 Å². The van der Waals surface area contributed by atoms with E-state index in [0.717, 1.165) is 33.9 Å². The number of hydrogen-bond acceptors (Lipinski definition) is 6. The number of nitrogens with zero attached hydrogens (tertiary/aromatic N) is 4. The second-order valence-electron chi connectivity index (χ2n) is 6.83. The number of aldehydes is 1. The number of carbonyl (C=O) groups excluding carboxylic acids is 1. The van der Waals surface area contributed by atoms with Gasteiger partial charge in [-0.25, -0.2) is 4.98 Å². The molecule has 0 fully saturated rings. The molecule has 148 valence electrons. The Bertz CT molecular complexity index is 1370. The van der Waals surface area contributed by atoms with Crippen molar-refractivity contribution in [1.82, 2.24) is 19.9 Å². The van der Waals surface area contributed by atoms with Crippen LogP contribution in [0.1, 0.15) is 10.4 Å². The van der Waals surface area contributed by atoms with E-state index in [2.05, 4.69) is 15.0 Å². The first kappa shape index (κ1) is 18.6. The van der Waals surface area contributed by atoms with Crippen molar-refractivity contribution in [1.29, 1.82) is 0 Å². The first-order valence-corrected chi connectivity index (χ1v) is 9.66. The Hall–Kier alpha value is -4.45. The third-order valence-electron chi connectivity index (χ3n) is 4.83. The molecule has 2 aromatic carbocycles. The predicted octanol–water partition coefficient (Wildman–Crippen LogP) is 5.36. The standard InChI is InChI=1S/C25H16N4O2/c30-16-20-5-1-2-8-23(20)31-25-21-13-17(18-6-3-11-26-14-18)9-10-22(21)28-24(29-25)19-7-4-12-27-15-19/h1-16H. The minimum Gasteiger partial charge on any atom is -0.437 e. The van der Waals surface area contributed by atoms with Crippen LogP contribution in [0.4, 0.5) is 0 Å². The summed E-state index contributed by atoms with van der Waals surface area (Å²) in [6, 6.07) is 20.5. The summed E-state index contributed by atoms with van der Waals surface area (Å²) in [5.41, 5.74) is 3.88. The van der Waals surface area contributed by atoms with Gasteiger partial charge in [0.15, 0.2) is 12.1 Å². The first-order valence-electron chi connectivity index (χ1n) is 9.66. The van der Waals surface area contributed by atoms with Crippen molar-refractivity contribution in [2.45, 2.75) is 0 Å². The lowest BCUT2D eigenvalue weighted by Gasteiger charge is -2.12. The van der Waals surface area contributed by atoms with Gasteiger partial charge in [-0.15, -0.1) is 0 Å². The summed E-state index contributed by atoms with van der Waals surface area (Å²) in [5, 5.41) is 0.731. The van der Waals surface area contributed by atoms with Crippen LogP contribution >= 0.6 is 0 Å². The Labute approximate surface area is 178 Å². The van der Waals surface area contributed by atoms with Gasteiger partial charge in [0.25, 0.3) is 0 Å². The Morgan fingerprint density at radius 1 is 0.742 bits per heavy atom. The summed E-state index contributed by atoms with van der Waals surface area (Å²) in [5.74, 6) is 1.29. The lowest BCUT2D eigenvalue weighted by atomic mass is 10.1. The second kappa shape index (κ2) is 8.12. The van der Waals surface area contributed by atoms with Gasteiger partial charge < -0.3 is 4.74 Å². The van der Waals surface area contributed by atoms with Gasteiger partial charge in [-0.05, 0) is 48.0 Å². The maximum absolute atomic E-state index is 11.5. The number of ether oxygens (including phenoxy) is 1. The van der Waals surface area contributed by atoms with Crippen LogP contribution in [0.3, 0.4) is 0 Å². The number of carbonyl (C=O) groups is 1. The van der Waals surface area contributed by atoms with Gasteiger partial charge in [0.1, 0.15) is 5.75 Å². The van der Waals surface area contributed by atoms with E-state index >= 15 is 0 Å². The Balaban J connectivity index is 1.71.